The number of carbonyl (C=O) groups is 1. The van der Waals surface area contributed by atoms with Crippen LogP contribution in [-0.4, -0.2) is 55.5 Å². The number of likely N-dealkylation sites (N-methyl/N-ethyl adjacent to an activating group) is 1. The summed E-state index contributed by atoms with van der Waals surface area (Å²) in [5.41, 5.74) is 2.17. The number of hydrogen-bond donors (Lipinski definition) is 0. The molecular formula is C20H23BrFN3O. The van der Waals surface area contributed by atoms with Gasteiger partial charge in [0.2, 0.25) is 5.91 Å². The van der Waals surface area contributed by atoms with E-state index in [4.69, 9.17) is 0 Å². The highest BCUT2D eigenvalue weighted by Gasteiger charge is 2.22. The molecule has 0 aliphatic carbocycles. The van der Waals surface area contributed by atoms with E-state index in [0.717, 1.165) is 29.8 Å². The summed E-state index contributed by atoms with van der Waals surface area (Å²) < 4.78 is 14.1. The third-order valence-electron chi connectivity index (χ3n) is 4.63. The topological polar surface area (TPSA) is 26.8 Å². The minimum atomic E-state index is -0.226. The number of benzene rings is 2. The minimum absolute atomic E-state index is 0.151. The Morgan fingerprint density at radius 3 is 2.38 bits per heavy atom. The Kier molecular flexibility index (Phi) is 6.27. The quantitative estimate of drug-likeness (QED) is 0.743. The molecule has 26 heavy (non-hydrogen) atoms. The van der Waals surface area contributed by atoms with Gasteiger partial charge in [0.05, 0.1) is 6.54 Å². The lowest BCUT2D eigenvalue weighted by molar-refractivity contribution is -0.132. The molecule has 1 aliphatic heterocycles. The Labute approximate surface area is 162 Å². The molecule has 3 rings (SSSR count). The monoisotopic (exact) mass is 419 g/mol. The van der Waals surface area contributed by atoms with Crippen molar-refractivity contribution in [2.24, 2.45) is 0 Å². The van der Waals surface area contributed by atoms with Gasteiger partial charge in [-0.25, -0.2) is 4.39 Å². The highest BCUT2D eigenvalue weighted by Crippen LogP contribution is 2.18. The molecule has 0 aromatic heterocycles. The molecule has 0 unspecified atom stereocenters. The van der Waals surface area contributed by atoms with Crippen molar-refractivity contribution in [1.82, 2.24) is 9.80 Å². The number of carbonyl (C=O) groups excluding carboxylic acids is 1. The third-order valence-corrected chi connectivity index (χ3v) is 5.40. The molecule has 6 heteroatoms. The average molecular weight is 420 g/mol. The summed E-state index contributed by atoms with van der Waals surface area (Å²) >= 11 is 3.55. The minimum Gasteiger partial charge on any atom is -0.368 e. The van der Waals surface area contributed by atoms with Gasteiger partial charge in [-0.2, -0.15) is 0 Å². The van der Waals surface area contributed by atoms with Crippen molar-refractivity contribution in [3.8, 4) is 0 Å². The summed E-state index contributed by atoms with van der Waals surface area (Å²) in [5, 5.41) is 0. The van der Waals surface area contributed by atoms with Crippen LogP contribution in [-0.2, 0) is 11.3 Å². The van der Waals surface area contributed by atoms with Crippen LogP contribution in [0.3, 0.4) is 0 Å². The molecule has 0 radical (unpaired) electrons. The van der Waals surface area contributed by atoms with E-state index in [1.54, 1.807) is 12.1 Å². The number of hydrogen-bond acceptors (Lipinski definition) is 3. The maximum Gasteiger partial charge on any atom is 0.236 e. The zero-order valence-corrected chi connectivity index (χ0v) is 16.5. The lowest BCUT2D eigenvalue weighted by Gasteiger charge is -2.36. The van der Waals surface area contributed by atoms with Gasteiger partial charge >= 0.3 is 0 Å². The Bertz CT molecular complexity index is 745. The zero-order valence-electron chi connectivity index (χ0n) is 14.9. The first-order chi connectivity index (χ1) is 12.5. The van der Waals surface area contributed by atoms with Crippen molar-refractivity contribution in [2.75, 3.05) is 44.7 Å². The van der Waals surface area contributed by atoms with E-state index in [0.29, 0.717) is 19.6 Å². The van der Waals surface area contributed by atoms with Crippen LogP contribution in [0.2, 0.25) is 0 Å². The van der Waals surface area contributed by atoms with Crippen LogP contribution in [0.4, 0.5) is 10.1 Å². The zero-order chi connectivity index (χ0) is 18.5. The highest BCUT2D eigenvalue weighted by molar-refractivity contribution is 9.10. The van der Waals surface area contributed by atoms with E-state index in [1.807, 2.05) is 35.0 Å². The average Bonchev–Trinajstić information content (AvgIpc) is 2.64. The summed E-state index contributed by atoms with van der Waals surface area (Å²) in [6.45, 7) is 4.05. The van der Waals surface area contributed by atoms with Crippen LogP contribution in [0.1, 0.15) is 5.56 Å². The Hall–Kier alpha value is -1.92. The van der Waals surface area contributed by atoms with Crippen molar-refractivity contribution >= 4 is 27.5 Å². The molecule has 4 nitrogen and oxygen atoms in total. The molecule has 1 aliphatic rings. The molecule has 1 saturated heterocycles. The van der Waals surface area contributed by atoms with Crippen molar-refractivity contribution in [1.29, 1.82) is 0 Å². The van der Waals surface area contributed by atoms with Crippen molar-refractivity contribution in [3.05, 3.63) is 64.4 Å². The van der Waals surface area contributed by atoms with Gasteiger partial charge in [-0.3, -0.25) is 9.69 Å². The first kappa shape index (κ1) is 18.9. The lowest BCUT2D eigenvalue weighted by Crippen LogP contribution is -2.51. The third kappa shape index (κ3) is 4.83. The molecular weight excluding hydrogens is 397 g/mol. The summed E-state index contributed by atoms with van der Waals surface area (Å²) in [7, 11) is 1.96. The summed E-state index contributed by atoms with van der Waals surface area (Å²) in [4.78, 5) is 18.7. The fraction of sp³-hybridized carbons (Fsp3) is 0.350. The van der Waals surface area contributed by atoms with Gasteiger partial charge in [0.25, 0.3) is 0 Å². The SMILES string of the molecule is CN(CC(=O)N1CCN(c2ccc(F)cc2)CC1)Cc1ccccc1Br. The Morgan fingerprint density at radius 2 is 1.73 bits per heavy atom. The molecule has 0 saturated carbocycles. The second kappa shape index (κ2) is 8.64. The van der Waals surface area contributed by atoms with E-state index in [2.05, 4.69) is 26.9 Å². The predicted molar refractivity (Wildman–Crippen MR) is 106 cm³/mol. The molecule has 2 aromatic carbocycles. The van der Waals surface area contributed by atoms with Gasteiger partial charge in [-0.05, 0) is 42.9 Å². The number of nitrogens with zero attached hydrogens (tertiary/aromatic N) is 3. The fourth-order valence-corrected chi connectivity index (χ4v) is 3.58. The molecule has 1 amide bonds. The molecule has 0 bridgehead atoms. The number of amides is 1. The molecule has 0 N–H and O–H groups in total. The van der Waals surface area contributed by atoms with Gasteiger partial charge in [-0.1, -0.05) is 34.1 Å². The first-order valence-electron chi connectivity index (χ1n) is 8.73. The Morgan fingerprint density at radius 1 is 1.08 bits per heavy atom. The van der Waals surface area contributed by atoms with Gasteiger partial charge in [0.15, 0.2) is 0 Å². The van der Waals surface area contributed by atoms with E-state index in [1.165, 1.54) is 17.7 Å². The number of rotatable bonds is 5. The maximum absolute atomic E-state index is 13.0. The fourth-order valence-electron chi connectivity index (χ4n) is 3.17. The second-order valence-corrected chi connectivity index (χ2v) is 7.46. The summed E-state index contributed by atoms with van der Waals surface area (Å²) in [5.74, 6) is -0.0750. The smallest absolute Gasteiger partial charge is 0.236 e. The van der Waals surface area contributed by atoms with Crippen molar-refractivity contribution in [3.63, 3.8) is 0 Å². The summed E-state index contributed by atoms with van der Waals surface area (Å²) in [6, 6.07) is 14.6. The van der Waals surface area contributed by atoms with Crippen LogP contribution in [0.5, 0.6) is 0 Å². The number of anilines is 1. The van der Waals surface area contributed by atoms with Gasteiger partial charge in [0.1, 0.15) is 5.82 Å². The largest absolute Gasteiger partial charge is 0.368 e. The van der Waals surface area contributed by atoms with Gasteiger partial charge < -0.3 is 9.80 Å². The molecule has 2 aromatic rings. The standard InChI is InChI=1S/C20H23BrFN3O/c1-23(14-16-4-2-3-5-19(16)21)15-20(26)25-12-10-24(11-13-25)18-8-6-17(22)7-9-18/h2-9H,10-15H2,1H3. The van der Waals surface area contributed by atoms with Crippen LogP contribution in [0.25, 0.3) is 0 Å². The molecule has 1 heterocycles. The maximum atomic E-state index is 13.0. The molecule has 0 atom stereocenters. The second-order valence-electron chi connectivity index (χ2n) is 6.61. The molecule has 1 fully saturated rings. The molecule has 138 valence electrons. The van der Waals surface area contributed by atoms with E-state index in [-0.39, 0.29) is 11.7 Å². The van der Waals surface area contributed by atoms with Crippen molar-refractivity contribution < 1.29 is 9.18 Å². The van der Waals surface area contributed by atoms with E-state index in [9.17, 15) is 9.18 Å². The Balaban J connectivity index is 1.49. The van der Waals surface area contributed by atoms with Crippen LogP contribution >= 0.6 is 15.9 Å². The lowest BCUT2D eigenvalue weighted by atomic mass is 10.2. The van der Waals surface area contributed by atoms with Gasteiger partial charge in [-0.15, -0.1) is 0 Å². The van der Waals surface area contributed by atoms with Gasteiger partial charge in [0, 0.05) is 42.9 Å². The van der Waals surface area contributed by atoms with E-state index < -0.39 is 0 Å². The normalized spacial score (nSPS) is 14.8. The number of piperazine rings is 1. The molecule has 0 spiro atoms. The van der Waals surface area contributed by atoms with Crippen LogP contribution in [0, 0.1) is 5.82 Å². The van der Waals surface area contributed by atoms with Crippen LogP contribution < -0.4 is 4.90 Å². The first-order valence-corrected chi connectivity index (χ1v) is 9.52. The number of halogens is 2. The predicted octanol–water partition coefficient (Wildman–Crippen LogP) is 3.37. The van der Waals surface area contributed by atoms with Crippen LogP contribution in [0.15, 0.2) is 53.0 Å². The highest BCUT2D eigenvalue weighted by atomic mass is 79.9. The summed E-state index contributed by atoms with van der Waals surface area (Å²) in [6.07, 6.45) is 0. The van der Waals surface area contributed by atoms with E-state index >= 15 is 0 Å². The van der Waals surface area contributed by atoms with Crippen molar-refractivity contribution in [2.45, 2.75) is 6.54 Å².